The van der Waals surface area contributed by atoms with Crippen molar-refractivity contribution in [3.8, 4) is 11.5 Å². The molecular weight excluding hydrogens is 348 g/mol. The number of amidine groups is 1. The predicted molar refractivity (Wildman–Crippen MR) is 106 cm³/mol. The highest BCUT2D eigenvalue weighted by atomic mass is 32.2. The molecule has 1 aliphatic heterocycles. The molecule has 0 spiro atoms. The molecule has 0 aromatic heterocycles. The number of rotatable bonds is 6. The molecule has 0 saturated carbocycles. The van der Waals surface area contributed by atoms with Crippen molar-refractivity contribution in [2.75, 3.05) is 13.2 Å². The van der Waals surface area contributed by atoms with Crippen LogP contribution in [0.2, 0.25) is 0 Å². The topological polar surface area (TPSA) is 73.9 Å². The van der Waals surface area contributed by atoms with Gasteiger partial charge in [-0.05, 0) is 72.6 Å². The van der Waals surface area contributed by atoms with Crippen LogP contribution < -0.4 is 15.2 Å². The molecule has 2 N–H and O–H groups in total. The van der Waals surface area contributed by atoms with Crippen molar-refractivity contribution in [3.05, 3.63) is 64.1 Å². The summed E-state index contributed by atoms with van der Waals surface area (Å²) in [4.78, 5) is 15.9. The van der Waals surface area contributed by atoms with E-state index in [-0.39, 0.29) is 11.1 Å². The van der Waals surface area contributed by atoms with Crippen molar-refractivity contribution in [1.82, 2.24) is 0 Å². The van der Waals surface area contributed by atoms with Crippen molar-refractivity contribution in [2.24, 2.45) is 10.7 Å². The fourth-order valence-electron chi connectivity index (χ4n) is 2.39. The van der Waals surface area contributed by atoms with E-state index in [0.29, 0.717) is 23.9 Å². The Labute approximate surface area is 156 Å². The largest absolute Gasteiger partial charge is 0.490 e. The summed E-state index contributed by atoms with van der Waals surface area (Å²) in [5.74, 6) is 1.25. The molecule has 1 aliphatic rings. The van der Waals surface area contributed by atoms with Crippen molar-refractivity contribution in [1.29, 1.82) is 0 Å². The van der Waals surface area contributed by atoms with Gasteiger partial charge in [0.15, 0.2) is 5.17 Å². The molecule has 3 rings (SSSR count). The first kappa shape index (κ1) is 18.1. The lowest BCUT2D eigenvalue weighted by atomic mass is 10.1. The van der Waals surface area contributed by atoms with Gasteiger partial charge in [-0.25, -0.2) is 0 Å². The molecule has 0 saturated heterocycles. The van der Waals surface area contributed by atoms with Gasteiger partial charge in [0, 0.05) is 0 Å². The minimum absolute atomic E-state index is 0.275. The highest BCUT2D eigenvalue weighted by Gasteiger charge is 2.19. The minimum Gasteiger partial charge on any atom is -0.490 e. The molecule has 0 bridgehead atoms. The Morgan fingerprint density at radius 3 is 2.42 bits per heavy atom. The van der Waals surface area contributed by atoms with Crippen LogP contribution in [0.1, 0.15) is 16.7 Å². The van der Waals surface area contributed by atoms with Gasteiger partial charge in [0.1, 0.15) is 24.7 Å². The second-order valence-electron chi connectivity index (χ2n) is 5.88. The van der Waals surface area contributed by atoms with Crippen molar-refractivity contribution >= 4 is 28.9 Å². The van der Waals surface area contributed by atoms with Crippen LogP contribution in [0.25, 0.3) is 6.08 Å². The van der Waals surface area contributed by atoms with Gasteiger partial charge in [-0.15, -0.1) is 0 Å². The summed E-state index contributed by atoms with van der Waals surface area (Å²) in [5.41, 5.74) is 8.86. The van der Waals surface area contributed by atoms with Crippen LogP contribution in [0, 0.1) is 13.8 Å². The number of nitrogens with two attached hydrogens (primary N) is 1. The molecule has 0 fully saturated rings. The van der Waals surface area contributed by atoms with Gasteiger partial charge in [0.25, 0.3) is 5.91 Å². The zero-order valence-electron chi connectivity index (χ0n) is 14.7. The minimum atomic E-state index is -0.305. The standard InChI is InChI=1S/C20H20N2O3S/c1-13-6-7-17(10-14(13)2)25-9-8-24-16-5-3-4-15(11-16)12-18-19(23)22-20(21)26-18/h3-7,10-12H,8-9H2,1-2H3,(H2,21,22,23)/b18-12-. The highest BCUT2D eigenvalue weighted by Crippen LogP contribution is 2.27. The van der Waals surface area contributed by atoms with Crippen LogP contribution in [0.3, 0.4) is 0 Å². The molecule has 0 radical (unpaired) electrons. The number of ether oxygens (including phenoxy) is 2. The molecule has 6 heteroatoms. The average Bonchev–Trinajstić information content (AvgIpc) is 2.92. The lowest BCUT2D eigenvalue weighted by Gasteiger charge is -2.10. The summed E-state index contributed by atoms with van der Waals surface area (Å²) >= 11 is 1.17. The van der Waals surface area contributed by atoms with E-state index in [2.05, 4.69) is 18.8 Å². The Balaban J connectivity index is 1.53. The second-order valence-corrected chi connectivity index (χ2v) is 6.94. The summed E-state index contributed by atoms with van der Waals surface area (Å²) in [6.45, 7) is 5.01. The maximum absolute atomic E-state index is 11.7. The smallest absolute Gasteiger partial charge is 0.286 e. The number of hydrogen-bond acceptors (Lipinski definition) is 5. The van der Waals surface area contributed by atoms with E-state index < -0.39 is 0 Å². The van der Waals surface area contributed by atoms with Gasteiger partial charge in [0.2, 0.25) is 0 Å². The number of nitrogens with zero attached hydrogens (tertiary/aromatic N) is 1. The fourth-order valence-corrected chi connectivity index (χ4v) is 3.08. The molecule has 0 unspecified atom stereocenters. The molecule has 0 aliphatic carbocycles. The van der Waals surface area contributed by atoms with E-state index in [9.17, 15) is 4.79 Å². The molecule has 2 aromatic carbocycles. The summed E-state index contributed by atoms with van der Waals surface area (Å²) in [6, 6.07) is 13.5. The molecule has 134 valence electrons. The van der Waals surface area contributed by atoms with E-state index >= 15 is 0 Å². The summed E-state index contributed by atoms with van der Waals surface area (Å²) in [6.07, 6.45) is 1.76. The van der Waals surface area contributed by atoms with Crippen LogP contribution in [0.4, 0.5) is 0 Å². The van der Waals surface area contributed by atoms with Crippen LogP contribution in [0.5, 0.6) is 11.5 Å². The first-order valence-corrected chi connectivity index (χ1v) is 9.04. The van der Waals surface area contributed by atoms with Gasteiger partial charge in [-0.1, -0.05) is 18.2 Å². The monoisotopic (exact) mass is 368 g/mol. The molecule has 0 atom stereocenters. The summed E-state index contributed by atoms with van der Waals surface area (Å²) in [7, 11) is 0. The first-order chi connectivity index (χ1) is 12.5. The van der Waals surface area contributed by atoms with E-state index in [1.165, 1.54) is 22.9 Å². The Morgan fingerprint density at radius 1 is 1.04 bits per heavy atom. The van der Waals surface area contributed by atoms with Crippen molar-refractivity contribution in [3.63, 3.8) is 0 Å². The highest BCUT2D eigenvalue weighted by molar-refractivity contribution is 8.18. The number of thioether (sulfide) groups is 1. The fraction of sp³-hybridized carbons (Fsp3) is 0.200. The van der Waals surface area contributed by atoms with Crippen molar-refractivity contribution < 1.29 is 14.3 Å². The SMILES string of the molecule is Cc1ccc(OCCOc2cccc(/C=C3\SC(N)=NC3=O)c2)cc1C. The third kappa shape index (κ3) is 4.67. The third-order valence-corrected chi connectivity index (χ3v) is 4.70. The Morgan fingerprint density at radius 2 is 1.77 bits per heavy atom. The van der Waals surface area contributed by atoms with Gasteiger partial charge in [0.05, 0.1) is 4.91 Å². The number of carbonyl (C=O) groups is 1. The van der Waals surface area contributed by atoms with Crippen LogP contribution in [-0.2, 0) is 4.79 Å². The Bertz CT molecular complexity index is 890. The van der Waals surface area contributed by atoms with Gasteiger partial charge >= 0.3 is 0 Å². The quantitative estimate of drug-likeness (QED) is 0.622. The van der Waals surface area contributed by atoms with Crippen LogP contribution in [-0.4, -0.2) is 24.3 Å². The third-order valence-electron chi connectivity index (χ3n) is 3.89. The number of hydrogen-bond donors (Lipinski definition) is 1. The first-order valence-electron chi connectivity index (χ1n) is 8.22. The molecule has 26 heavy (non-hydrogen) atoms. The number of carbonyl (C=O) groups excluding carboxylic acids is 1. The van der Waals surface area contributed by atoms with E-state index in [4.69, 9.17) is 15.2 Å². The van der Waals surface area contributed by atoms with Gasteiger partial charge in [-0.2, -0.15) is 4.99 Å². The number of aryl methyl sites for hydroxylation is 2. The molecule has 5 nitrogen and oxygen atoms in total. The zero-order valence-corrected chi connectivity index (χ0v) is 15.5. The summed E-state index contributed by atoms with van der Waals surface area (Å²) < 4.78 is 11.4. The number of aliphatic imine (C=N–C) groups is 1. The Kier molecular flexibility index (Phi) is 5.63. The normalized spacial score (nSPS) is 15.2. The molecule has 2 aromatic rings. The molecule has 1 amide bonds. The van der Waals surface area contributed by atoms with E-state index in [0.717, 1.165) is 11.3 Å². The lowest BCUT2D eigenvalue weighted by Crippen LogP contribution is -2.09. The summed E-state index contributed by atoms with van der Waals surface area (Å²) in [5, 5.41) is 0.275. The van der Waals surface area contributed by atoms with E-state index in [1.807, 2.05) is 42.5 Å². The molecular formula is C20H20N2O3S. The van der Waals surface area contributed by atoms with Gasteiger partial charge < -0.3 is 15.2 Å². The maximum atomic E-state index is 11.7. The van der Waals surface area contributed by atoms with Crippen LogP contribution in [0.15, 0.2) is 52.4 Å². The Hall–Kier alpha value is -2.73. The van der Waals surface area contributed by atoms with Gasteiger partial charge in [-0.3, -0.25) is 4.79 Å². The second kappa shape index (κ2) is 8.10. The number of benzene rings is 2. The number of amides is 1. The average molecular weight is 368 g/mol. The zero-order chi connectivity index (χ0) is 18.5. The van der Waals surface area contributed by atoms with E-state index in [1.54, 1.807) is 6.08 Å². The predicted octanol–water partition coefficient (Wildman–Crippen LogP) is 3.69. The van der Waals surface area contributed by atoms with Crippen molar-refractivity contribution in [2.45, 2.75) is 13.8 Å². The molecule has 1 heterocycles. The van der Waals surface area contributed by atoms with Crippen LogP contribution >= 0.6 is 11.8 Å². The lowest BCUT2D eigenvalue weighted by molar-refractivity contribution is -0.113. The maximum Gasteiger partial charge on any atom is 0.286 e.